The Bertz CT molecular complexity index is 640. The fourth-order valence-electron chi connectivity index (χ4n) is 2.01. The molecule has 1 aromatic heterocycles. The molecule has 0 bridgehead atoms. The molecule has 1 unspecified atom stereocenters. The monoisotopic (exact) mass is 307 g/mol. The van der Waals surface area contributed by atoms with E-state index < -0.39 is 5.91 Å². The fourth-order valence-corrected chi connectivity index (χ4v) is 2.01. The standard InChI is InChI=1S/C15H18FN3O3/c1-10(3-2-8-20)17-15(22)14-13(21)9-19(18-14)12-6-4-11(16)5-7-12/h4-7,9-10,20-21H,2-3,8H2,1H3,(H,17,22). The van der Waals surface area contributed by atoms with Crippen LogP contribution >= 0.6 is 0 Å². The summed E-state index contributed by atoms with van der Waals surface area (Å²) < 4.78 is 14.2. The van der Waals surface area contributed by atoms with E-state index in [4.69, 9.17) is 5.11 Å². The zero-order valence-electron chi connectivity index (χ0n) is 12.2. The molecule has 7 heteroatoms. The van der Waals surface area contributed by atoms with Crippen molar-refractivity contribution < 1.29 is 19.4 Å². The molecule has 0 aliphatic heterocycles. The number of aliphatic hydroxyl groups is 1. The van der Waals surface area contributed by atoms with Gasteiger partial charge < -0.3 is 15.5 Å². The number of aliphatic hydroxyl groups excluding tert-OH is 1. The van der Waals surface area contributed by atoms with Gasteiger partial charge in [-0.1, -0.05) is 0 Å². The van der Waals surface area contributed by atoms with Crippen molar-refractivity contribution in [3.05, 3.63) is 42.0 Å². The van der Waals surface area contributed by atoms with Gasteiger partial charge in [-0.05, 0) is 44.0 Å². The Labute approximate surface area is 127 Å². The van der Waals surface area contributed by atoms with Gasteiger partial charge in [-0.3, -0.25) is 4.79 Å². The van der Waals surface area contributed by atoms with Crippen molar-refractivity contribution >= 4 is 5.91 Å². The van der Waals surface area contributed by atoms with Crippen LogP contribution in [0.4, 0.5) is 4.39 Å². The molecule has 0 saturated heterocycles. The zero-order chi connectivity index (χ0) is 16.1. The molecule has 0 spiro atoms. The second-order valence-corrected chi connectivity index (χ2v) is 5.02. The van der Waals surface area contributed by atoms with Gasteiger partial charge in [0.1, 0.15) is 5.82 Å². The van der Waals surface area contributed by atoms with Gasteiger partial charge in [0.2, 0.25) is 0 Å². The summed E-state index contributed by atoms with van der Waals surface area (Å²) in [6.45, 7) is 1.87. The highest BCUT2D eigenvalue weighted by Gasteiger charge is 2.18. The fraction of sp³-hybridized carbons (Fsp3) is 0.333. The van der Waals surface area contributed by atoms with Crippen molar-refractivity contribution in [2.75, 3.05) is 6.61 Å². The van der Waals surface area contributed by atoms with Crippen LogP contribution in [-0.2, 0) is 0 Å². The lowest BCUT2D eigenvalue weighted by molar-refractivity contribution is 0.0928. The summed E-state index contributed by atoms with van der Waals surface area (Å²) in [5.74, 6) is -1.13. The molecule has 2 aromatic rings. The molecule has 0 radical (unpaired) electrons. The van der Waals surface area contributed by atoms with Crippen LogP contribution in [0.25, 0.3) is 5.69 Å². The molecule has 1 amide bonds. The van der Waals surface area contributed by atoms with Crippen molar-refractivity contribution in [2.45, 2.75) is 25.8 Å². The normalized spacial score (nSPS) is 12.1. The second-order valence-electron chi connectivity index (χ2n) is 5.02. The van der Waals surface area contributed by atoms with Crippen LogP contribution in [-0.4, -0.2) is 38.5 Å². The van der Waals surface area contributed by atoms with Gasteiger partial charge in [0.15, 0.2) is 11.4 Å². The van der Waals surface area contributed by atoms with E-state index >= 15 is 0 Å². The summed E-state index contributed by atoms with van der Waals surface area (Å²) in [7, 11) is 0. The summed E-state index contributed by atoms with van der Waals surface area (Å²) in [5, 5.41) is 25.3. The second kappa shape index (κ2) is 7.04. The molecule has 0 fully saturated rings. The number of hydrogen-bond acceptors (Lipinski definition) is 4. The molecule has 0 saturated carbocycles. The quantitative estimate of drug-likeness (QED) is 0.756. The molecule has 1 heterocycles. The summed E-state index contributed by atoms with van der Waals surface area (Å²) in [6.07, 6.45) is 2.50. The minimum Gasteiger partial charge on any atom is -0.504 e. The van der Waals surface area contributed by atoms with Crippen LogP contribution in [0.15, 0.2) is 30.5 Å². The number of halogens is 1. The first kappa shape index (κ1) is 16.0. The predicted molar refractivity (Wildman–Crippen MR) is 78.4 cm³/mol. The summed E-state index contributed by atoms with van der Waals surface area (Å²) in [4.78, 5) is 12.1. The number of nitrogens with zero attached hydrogens (tertiary/aromatic N) is 2. The minimum atomic E-state index is -0.496. The largest absolute Gasteiger partial charge is 0.504 e. The topological polar surface area (TPSA) is 87.4 Å². The molecule has 1 atom stereocenters. The number of benzene rings is 1. The van der Waals surface area contributed by atoms with Crippen molar-refractivity contribution in [3.8, 4) is 11.4 Å². The molecule has 0 aliphatic rings. The summed E-state index contributed by atoms with van der Waals surface area (Å²) in [6, 6.07) is 5.38. The Hall–Kier alpha value is -2.41. The van der Waals surface area contributed by atoms with Crippen LogP contribution < -0.4 is 5.32 Å². The average molecular weight is 307 g/mol. The van der Waals surface area contributed by atoms with Gasteiger partial charge >= 0.3 is 0 Å². The number of rotatable bonds is 6. The maximum Gasteiger partial charge on any atom is 0.275 e. The van der Waals surface area contributed by atoms with E-state index in [9.17, 15) is 14.3 Å². The van der Waals surface area contributed by atoms with Crippen LogP contribution in [0.3, 0.4) is 0 Å². The number of carbonyl (C=O) groups is 1. The van der Waals surface area contributed by atoms with E-state index in [1.165, 1.54) is 35.1 Å². The lowest BCUT2D eigenvalue weighted by Gasteiger charge is -2.11. The van der Waals surface area contributed by atoms with E-state index in [1.54, 1.807) is 0 Å². The predicted octanol–water partition coefficient (Wildman–Crippen LogP) is 1.61. The highest BCUT2D eigenvalue weighted by atomic mass is 19.1. The average Bonchev–Trinajstić information content (AvgIpc) is 2.88. The van der Waals surface area contributed by atoms with Crippen molar-refractivity contribution in [1.82, 2.24) is 15.1 Å². The molecule has 1 aromatic carbocycles. The van der Waals surface area contributed by atoms with Gasteiger partial charge in [0.25, 0.3) is 5.91 Å². The summed E-state index contributed by atoms with van der Waals surface area (Å²) >= 11 is 0. The van der Waals surface area contributed by atoms with Crippen LogP contribution in [0.2, 0.25) is 0 Å². The third-order valence-corrected chi connectivity index (χ3v) is 3.17. The molecule has 22 heavy (non-hydrogen) atoms. The third-order valence-electron chi connectivity index (χ3n) is 3.17. The Kier molecular flexibility index (Phi) is 5.11. The highest BCUT2D eigenvalue weighted by Crippen LogP contribution is 2.18. The Morgan fingerprint density at radius 2 is 2.09 bits per heavy atom. The maximum atomic E-state index is 12.9. The van der Waals surface area contributed by atoms with Crippen LogP contribution in [0.5, 0.6) is 5.75 Å². The van der Waals surface area contributed by atoms with E-state index in [0.29, 0.717) is 18.5 Å². The number of aromatic hydroxyl groups is 1. The third kappa shape index (κ3) is 3.82. The Morgan fingerprint density at radius 1 is 1.41 bits per heavy atom. The number of hydrogen-bond donors (Lipinski definition) is 3. The van der Waals surface area contributed by atoms with E-state index in [1.807, 2.05) is 6.92 Å². The van der Waals surface area contributed by atoms with Gasteiger partial charge in [-0.25, -0.2) is 9.07 Å². The number of carbonyl (C=O) groups excluding carboxylic acids is 1. The molecule has 6 nitrogen and oxygen atoms in total. The first-order chi connectivity index (χ1) is 10.5. The zero-order valence-corrected chi connectivity index (χ0v) is 12.2. The SMILES string of the molecule is CC(CCCO)NC(=O)c1nn(-c2ccc(F)cc2)cc1O. The van der Waals surface area contributed by atoms with Crippen molar-refractivity contribution in [1.29, 1.82) is 0 Å². The lowest BCUT2D eigenvalue weighted by atomic mass is 10.2. The lowest BCUT2D eigenvalue weighted by Crippen LogP contribution is -2.33. The van der Waals surface area contributed by atoms with E-state index in [2.05, 4.69) is 10.4 Å². The number of amides is 1. The molecule has 2 rings (SSSR count). The van der Waals surface area contributed by atoms with Crippen LogP contribution in [0.1, 0.15) is 30.3 Å². The van der Waals surface area contributed by atoms with Gasteiger partial charge in [-0.2, -0.15) is 5.10 Å². The molecular formula is C15H18FN3O3. The molecular weight excluding hydrogens is 289 g/mol. The maximum absolute atomic E-state index is 12.9. The molecule has 3 N–H and O–H groups in total. The molecule has 0 aliphatic carbocycles. The Morgan fingerprint density at radius 3 is 2.73 bits per heavy atom. The van der Waals surface area contributed by atoms with Gasteiger partial charge in [-0.15, -0.1) is 0 Å². The smallest absolute Gasteiger partial charge is 0.275 e. The highest BCUT2D eigenvalue weighted by molar-refractivity contribution is 5.94. The number of aromatic nitrogens is 2. The minimum absolute atomic E-state index is 0.0602. The van der Waals surface area contributed by atoms with Crippen LogP contribution in [0, 0.1) is 5.82 Å². The molecule has 118 valence electrons. The first-order valence-electron chi connectivity index (χ1n) is 6.97. The first-order valence-corrected chi connectivity index (χ1v) is 6.97. The van der Waals surface area contributed by atoms with Gasteiger partial charge in [0.05, 0.1) is 11.9 Å². The number of nitrogens with one attached hydrogen (secondary N) is 1. The van der Waals surface area contributed by atoms with E-state index in [-0.39, 0.29) is 29.9 Å². The summed E-state index contributed by atoms with van der Waals surface area (Å²) in [5.41, 5.74) is 0.434. The van der Waals surface area contributed by atoms with Gasteiger partial charge in [0, 0.05) is 12.6 Å². The van der Waals surface area contributed by atoms with Crippen molar-refractivity contribution in [3.63, 3.8) is 0 Å². The Balaban J connectivity index is 2.12. The van der Waals surface area contributed by atoms with Crippen molar-refractivity contribution in [2.24, 2.45) is 0 Å². The van der Waals surface area contributed by atoms with E-state index in [0.717, 1.165) is 0 Å².